The molecule has 5 rings (SSSR count). The minimum absolute atomic E-state index is 0.0387. The van der Waals surface area contributed by atoms with E-state index >= 15 is 0 Å². The summed E-state index contributed by atoms with van der Waals surface area (Å²) in [5.74, 6) is -0.748. The van der Waals surface area contributed by atoms with Gasteiger partial charge in [-0.15, -0.1) is 0 Å². The van der Waals surface area contributed by atoms with E-state index in [-0.39, 0.29) is 17.9 Å². The highest BCUT2D eigenvalue weighted by Gasteiger charge is 2.67. The first-order valence-corrected chi connectivity index (χ1v) is 10.4. The Hall–Kier alpha value is -2.99. The van der Waals surface area contributed by atoms with Gasteiger partial charge in [0.05, 0.1) is 24.5 Å². The van der Waals surface area contributed by atoms with Crippen LogP contribution in [-0.4, -0.2) is 35.0 Å². The zero-order chi connectivity index (χ0) is 20.9. The Labute approximate surface area is 175 Å². The first kappa shape index (κ1) is 19.0. The van der Waals surface area contributed by atoms with E-state index in [9.17, 15) is 9.59 Å². The Bertz CT molecular complexity index is 1000. The summed E-state index contributed by atoms with van der Waals surface area (Å²) >= 11 is 0. The third-order valence-corrected chi connectivity index (χ3v) is 6.49. The Kier molecular flexibility index (Phi) is 4.47. The van der Waals surface area contributed by atoms with Crippen molar-refractivity contribution in [1.82, 2.24) is 10.3 Å². The Balaban J connectivity index is 1.36. The monoisotopic (exact) mass is 403 g/mol. The molecule has 0 saturated carbocycles. The number of carbonyl (C=O) groups is 2. The van der Waals surface area contributed by atoms with Crippen LogP contribution in [0.5, 0.6) is 0 Å². The van der Waals surface area contributed by atoms with Crippen molar-refractivity contribution in [2.45, 2.75) is 38.0 Å². The van der Waals surface area contributed by atoms with Crippen LogP contribution in [0.1, 0.15) is 30.9 Å². The van der Waals surface area contributed by atoms with Crippen LogP contribution in [0.2, 0.25) is 0 Å². The number of hydrogen-bond acceptors (Lipinski definition) is 4. The van der Waals surface area contributed by atoms with Gasteiger partial charge in [0.1, 0.15) is 5.60 Å². The molecule has 154 valence electrons. The minimum Gasteiger partial charge on any atom is -0.360 e. The summed E-state index contributed by atoms with van der Waals surface area (Å²) in [5.41, 5.74) is 2.34. The summed E-state index contributed by atoms with van der Waals surface area (Å²) in [6, 6.07) is 11.8. The fourth-order valence-corrected chi connectivity index (χ4v) is 4.86. The van der Waals surface area contributed by atoms with E-state index < -0.39 is 17.4 Å². The highest BCUT2D eigenvalue weighted by Crippen LogP contribution is 2.52. The molecule has 2 unspecified atom stereocenters. The zero-order valence-electron chi connectivity index (χ0n) is 17.1. The lowest BCUT2D eigenvalue weighted by molar-refractivity contribution is -0.132. The lowest BCUT2D eigenvalue weighted by Crippen LogP contribution is -2.43. The van der Waals surface area contributed by atoms with E-state index in [1.807, 2.05) is 36.4 Å². The highest BCUT2D eigenvalue weighted by molar-refractivity contribution is 6.03. The van der Waals surface area contributed by atoms with Crippen LogP contribution < -0.4 is 10.2 Å². The van der Waals surface area contributed by atoms with Crippen LogP contribution in [-0.2, 0) is 20.9 Å². The van der Waals surface area contributed by atoms with Gasteiger partial charge in [-0.1, -0.05) is 38.1 Å². The van der Waals surface area contributed by atoms with Gasteiger partial charge in [-0.2, -0.15) is 0 Å². The number of benzene rings is 1. The van der Waals surface area contributed by atoms with Gasteiger partial charge in [0, 0.05) is 24.6 Å². The molecular formula is C24H25N3O3. The summed E-state index contributed by atoms with van der Waals surface area (Å²) in [5, 5.41) is 2.98. The van der Waals surface area contributed by atoms with Gasteiger partial charge in [-0.3, -0.25) is 14.6 Å². The molecule has 4 atom stereocenters. The highest BCUT2D eigenvalue weighted by atomic mass is 16.5. The molecular weight excluding hydrogens is 378 g/mol. The van der Waals surface area contributed by atoms with Gasteiger partial charge < -0.3 is 15.0 Å². The summed E-state index contributed by atoms with van der Waals surface area (Å²) in [6.45, 7) is 5.14. The van der Waals surface area contributed by atoms with E-state index in [1.54, 1.807) is 17.3 Å². The topological polar surface area (TPSA) is 71.5 Å². The van der Waals surface area contributed by atoms with Crippen molar-refractivity contribution in [2.75, 3.05) is 11.4 Å². The molecule has 6 heteroatoms. The van der Waals surface area contributed by atoms with Crippen molar-refractivity contribution in [3.05, 3.63) is 72.1 Å². The fraction of sp³-hybridized carbons (Fsp3) is 0.375. The predicted octanol–water partition coefficient (Wildman–Crippen LogP) is 2.81. The molecule has 4 heterocycles. The lowest BCUT2D eigenvalue weighted by atomic mass is 9.77. The fourth-order valence-electron chi connectivity index (χ4n) is 4.86. The summed E-state index contributed by atoms with van der Waals surface area (Å²) in [4.78, 5) is 32.2. The molecule has 1 spiro atoms. The molecule has 2 amide bonds. The number of ether oxygens (including phenoxy) is 1. The van der Waals surface area contributed by atoms with Gasteiger partial charge in [-0.25, -0.2) is 0 Å². The molecule has 0 radical (unpaired) electrons. The third-order valence-electron chi connectivity index (χ3n) is 6.49. The number of nitrogens with one attached hydrogen (secondary N) is 1. The number of anilines is 1. The number of nitrogens with zero attached hydrogens (tertiary/aromatic N) is 2. The molecule has 2 bridgehead atoms. The molecule has 1 aromatic heterocycles. The Morgan fingerprint density at radius 1 is 1.23 bits per heavy atom. The van der Waals surface area contributed by atoms with Gasteiger partial charge in [0.25, 0.3) is 0 Å². The average Bonchev–Trinajstić information content (AvgIpc) is 3.41. The van der Waals surface area contributed by atoms with Crippen molar-refractivity contribution < 1.29 is 14.3 Å². The maximum Gasteiger partial charge on any atom is 0.234 e. The maximum atomic E-state index is 13.4. The molecule has 3 aliphatic heterocycles. The number of hydrogen-bond donors (Lipinski definition) is 1. The smallest absolute Gasteiger partial charge is 0.234 e. The second kappa shape index (κ2) is 7.06. The molecule has 3 aliphatic rings. The lowest BCUT2D eigenvalue weighted by Gasteiger charge is -2.23. The van der Waals surface area contributed by atoms with Crippen LogP contribution >= 0.6 is 0 Å². The van der Waals surface area contributed by atoms with Gasteiger partial charge in [-0.05, 0) is 41.3 Å². The summed E-state index contributed by atoms with van der Waals surface area (Å²) in [6.07, 6.45) is 6.97. The number of pyridine rings is 1. The maximum absolute atomic E-state index is 13.4. The Morgan fingerprint density at radius 3 is 2.67 bits per heavy atom. The molecule has 1 aromatic carbocycles. The SMILES string of the molecule is CC(C)c1ccc(N2C[C@@]34C=C[C@H](O3)C(C(=O)NCc3ccncc3)C4C2=O)cc1. The second-order valence-electron chi connectivity index (χ2n) is 8.64. The number of amides is 2. The van der Waals surface area contributed by atoms with Crippen molar-refractivity contribution in [3.63, 3.8) is 0 Å². The van der Waals surface area contributed by atoms with Gasteiger partial charge in [0.2, 0.25) is 11.8 Å². The molecule has 30 heavy (non-hydrogen) atoms. The standard InChI is InChI=1S/C24H25N3O3/c1-15(2)17-3-5-18(6-4-17)27-14-24-10-7-19(30-24)20(21(24)23(27)29)22(28)26-13-16-8-11-25-12-9-16/h3-12,15,19-21H,13-14H2,1-2H3,(H,26,28)/t19-,20?,21?,24+/m0/s1. The molecule has 6 nitrogen and oxygen atoms in total. The van der Waals surface area contributed by atoms with Crippen LogP contribution in [0.15, 0.2) is 60.9 Å². The minimum atomic E-state index is -0.711. The van der Waals surface area contributed by atoms with Gasteiger partial charge in [0.15, 0.2) is 0 Å². The van der Waals surface area contributed by atoms with Gasteiger partial charge >= 0.3 is 0 Å². The molecule has 2 fully saturated rings. The average molecular weight is 403 g/mol. The largest absolute Gasteiger partial charge is 0.360 e. The first-order valence-electron chi connectivity index (χ1n) is 10.4. The van der Waals surface area contributed by atoms with E-state index in [4.69, 9.17) is 4.74 Å². The number of carbonyl (C=O) groups excluding carboxylic acids is 2. The Morgan fingerprint density at radius 2 is 1.97 bits per heavy atom. The van der Waals surface area contributed by atoms with Crippen LogP contribution in [0.25, 0.3) is 0 Å². The number of aromatic nitrogens is 1. The van der Waals surface area contributed by atoms with E-state index in [2.05, 4.69) is 36.3 Å². The van der Waals surface area contributed by atoms with Crippen molar-refractivity contribution in [1.29, 1.82) is 0 Å². The predicted molar refractivity (Wildman–Crippen MR) is 113 cm³/mol. The van der Waals surface area contributed by atoms with Crippen molar-refractivity contribution >= 4 is 17.5 Å². The second-order valence-corrected chi connectivity index (χ2v) is 8.64. The normalized spacial score (nSPS) is 29.0. The van der Waals surface area contributed by atoms with Crippen molar-refractivity contribution in [2.24, 2.45) is 11.8 Å². The van der Waals surface area contributed by atoms with E-state index in [0.717, 1.165) is 11.3 Å². The molecule has 0 aliphatic carbocycles. The summed E-state index contributed by atoms with van der Waals surface area (Å²) < 4.78 is 6.21. The van der Waals surface area contributed by atoms with Crippen LogP contribution in [0.4, 0.5) is 5.69 Å². The molecule has 2 aromatic rings. The van der Waals surface area contributed by atoms with E-state index in [1.165, 1.54) is 5.56 Å². The first-order chi connectivity index (χ1) is 14.5. The number of fused-ring (bicyclic) bond motifs is 1. The number of rotatable bonds is 5. The zero-order valence-corrected chi connectivity index (χ0v) is 17.1. The molecule has 1 N–H and O–H groups in total. The van der Waals surface area contributed by atoms with Crippen molar-refractivity contribution in [3.8, 4) is 0 Å². The van der Waals surface area contributed by atoms with Crippen LogP contribution in [0, 0.1) is 11.8 Å². The summed E-state index contributed by atoms with van der Waals surface area (Å²) in [7, 11) is 0. The van der Waals surface area contributed by atoms with E-state index in [0.29, 0.717) is 19.0 Å². The van der Waals surface area contributed by atoms with Crippen LogP contribution in [0.3, 0.4) is 0 Å². The quantitative estimate of drug-likeness (QED) is 0.780. The molecule has 2 saturated heterocycles. The third kappa shape index (κ3) is 2.94.